The molecule has 0 saturated heterocycles. The maximum atomic E-state index is 13.5. The van der Waals surface area contributed by atoms with Gasteiger partial charge in [-0.2, -0.15) is 0 Å². The fraction of sp³-hybridized carbons (Fsp3) is 0.643. The average Bonchev–Trinajstić information content (AvgIpc) is 2.75. The number of allylic oxidation sites excluding steroid dienone is 2. The molecular formula is C28H38F2. The van der Waals surface area contributed by atoms with Crippen molar-refractivity contribution in [2.75, 3.05) is 0 Å². The van der Waals surface area contributed by atoms with Crippen LogP contribution in [0.3, 0.4) is 0 Å². The van der Waals surface area contributed by atoms with E-state index in [1.54, 1.807) is 0 Å². The van der Waals surface area contributed by atoms with E-state index in [0.29, 0.717) is 5.92 Å². The van der Waals surface area contributed by atoms with Crippen LogP contribution in [0.4, 0.5) is 8.78 Å². The van der Waals surface area contributed by atoms with Crippen molar-refractivity contribution in [2.45, 2.75) is 96.8 Å². The van der Waals surface area contributed by atoms with E-state index < -0.39 is 11.6 Å². The lowest BCUT2D eigenvalue weighted by Gasteiger charge is -2.34. The van der Waals surface area contributed by atoms with Gasteiger partial charge >= 0.3 is 0 Å². The molecule has 30 heavy (non-hydrogen) atoms. The quantitative estimate of drug-likeness (QED) is 0.296. The Morgan fingerprint density at radius 3 is 2.20 bits per heavy atom. The van der Waals surface area contributed by atoms with Crippen molar-refractivity contribution in [3.8, 4) is 11.8 Å². The maximum Gasteiger partial charge on any atom is 0.126 e. The molecule has 0 nitrogen and oxygen atoms in total. The van der Waals surface area contributed by atoms with Gasteiger partial charge in [-0.05, 0) is 86.5 Å². The second-order valence-corrected chi connectivity index (χ2v) is 9.37. The SMILES string of the molecule is CCCCCCCCC#CC1CCC(C2CC=C(c3cc(F)cc(F)c3)CC2)CC1. The van der Waals surface area contributed by atoms with Gasteiger partial charge in [-0.3, -0.25) is 0 Å². The second-order valence-electron chi connectivity index (χ2n) is 9.37. The highest BCUT2D eigenvalue weighted by Crippen LogP contribution is 2.41. The Balaban J connectivity index is 1.37. The summed E-state index contributed by atoms with van der Waals surface area (Å²) < 4.78 is 27.0. The van der Waals surface area contributed by atoms with E-state index >= 15 is 0 Å². The van der Waals surface area contributed by atoms with Crippen LogP contribution in [0.15, 0.2) is 24.3 Å². The van der Waals surface area contributed by atoms with Gasteiger partial charge in [-0.15, -0.1) is 5.92 Å². The molecular weight excluding hydrogens is 374 g/mol. The Kier molecular flexibility index (Phi) is 9.44. The average molecular weight is 413 g/mol. The van der Waals surface area contributed by atoms with Gasteiger partial charge in [0.25, 0.3) is 0 Å². The Morgan fingerprint density at radius 2 is 1.53 bits per heavy atom. The molecule has 164 valence electrons. The van der Waals surface area contributed by atoms with Crippen LogP contribution in [0.5, 0.6) is 0 Å². The summed E-state index contributed by atoms with van der Waals surface area (Å²) >= 11 is 0. The highest BCUT2D eigenvalue weighted by atomic mass is 19.1. The highest BCUT2D eigenvalue weighted by Gasteiger charge is 2.28. The van der Waals surface area contributed by atoms with Crippen LogP contribution >= 0.6 is 0 Å². The predicted molar refractivity (Wildman–Crippen MR) is 123 cm³/mol. The summed E-state index contributed by atoms with van der Waals surface area (Å²) in [5.41, 5.74) is 1.83. The summed E-state index contributed by atoms with van der Waals surface area (Å²) in [5, 5.41) is 0. The van der Waals surface area contributed by atoms with Crippen LogP contribution in [0, 0.1) is 41.2 Å². The van der Waals surface area contributed by atoms with Gasteiger partial charge in [0.05, 0.1) is 0 Å². The molecule has 0 amide bonds. The van der Waals surface area contributed by atoms with Crippen LogP contribution < -0.4 is 0 Å². The number of unbranched alkanes of at least 4 members (excludes halogenated alkanes) is 6. The molecule has 0 spiro atoms. The van der Waals surface area contributed by atoms with Gasteiger partial charge in [0.1, 0.15) is 11.6 Å². The third-order valence-corrected chi connectivity index (χ3v) is 7.08. The zero-order chi connectivity index (χ0) is 21.2. The zero-order valence-electron chi connectivity index (χ0n) is 18.7. The van der Waals surface area contributed by atoms with E-state index in [1.807, 2.05) is 0 Å². The van der Waals surface area contributed by atoms with E-state index in [0.717, 1.165) is 54.7 Å². The standard InChI is InChI=1S/C28H38F2/c1-2-3-4-5-6-7-8-9-10-22-11-13-23(14-12-22)24-15-17-25(18-16-24)26-19-27(29)21-28(30)20-26/h17,19-24H,2-8,11-16,18H2,1H3. The van der Waals surface area contributed by atoms with E-state index in [4.69, 9.17) is 0 Å². The van der Waals surface area contributed by atoms with E-state index in [1.165, 1.54) is 76.3 Å². The van der Waals surface area contributed by atoms with E-state index in [9.17, 15) is 8.78 Å². The minimum Gasteiger partial charge on any atom is -0.207 e. The fourth-order valence-corrected chi connectivity index (χ4v) is 5.23. The molecule has 0 N–H and O–H groups in total. The Bertz CT molecular complexity index is 723. The molecule has 0 bridgehead atoms. The molecule has 1 atom stereocenters. The molecule has 2 heteroatoms. The zero-order valence-corrected chi connectivity index (χ0v) is 18.7. The summed E-state index contributed by atoms with van der Waals surface area (Å²) in [4.78, 5) is 0. The van der Waals surface area contributed by atoms with Crippen molar-refractivity contribution in [1.82, 2.24) is 0 Å². The lowest BCUT2D eigenvalue weighted by Crippen LogP contribution is -2.22. The van der Waals surface area contributed by atoms with Crippen molar-refractivity contribution >= 4 is 5.57 Å². The molecule has 0 aliphatic heterocycles. The number of benzene rings is 1. The molecule has 2 aliphatic rings. The summed E-state index contributed by atoms with van der Waals surface area (Å²) in [5.74, 6) is 8.17. The number of hydrogen-bond donors (Lipinski definition) is 0. The van der Waals surface area contributed by atoms with Crippen molar-refractivity contribution in [1.29, 1.82) is 0 Å². The number of halogens is 2. The molecule has 1 aromatic rings. The highest BCUT2D eigenvalue weighted by molar-refractivity contribution is 5.66. The van der Waals surface area contributed by atoms with Crippen LogP contribution in [0.1, 0.15) is 102 Å². The van der Waals surface area contributed by atoms with Gasteiger partial charge in [0, 0.05) is 18.4 Å². The van der Waals surface area contributed by atoms with Crippen molar-refractivity contribution in [3.05, 3.63) is 41.5 Å². The third kappa shape index (κ3) is 7.26. The summed E-state index contributed by atoms with van der Waals surface area (Å²) in [6, 6.07) is 3.87. The lowest BCUT2D eigenvalue weighted by atomic mass is 9.71. The first-order valence-electron chi connectivity index (χ1n) is 12.3. The molecule has 2 aliphatic carbocycles. The van der Waals surface area contributed by atoms with Crippen LogP contribution in [0.25, 0.3) is 5.57 Å². The van der Waals surface area contributed by atoms with Gasteiger partial charge in [0.15, 0.2) is 0 Å². The van der Waals surface area contributed by atoms with E-state index in [-0.39, 0.29) is 0 Å². The first-order chi connectivity index (χ1) is 14.7. The maximum absolute atomic E-state index is 13.5. The summed E-state index contributed by atoms with van der Waals surface area (Å²) in [7, 11) is 0. The lowest BCUT2D eigenvalue weighted by molar-refractivity contribution is 0.215. The van der Waals surface area contributed by atoms with Crippen LogP contribution in [-0.4, -0.2) is 0 Å². The van der Waals surface area contributed by atoms with Crippen molar-refractivity contribution in [3.63, 3.8) is 0 Å². The molecule has 1 saturated carbocycles. The van der Waals surface area contributed by atoms with Gasteiger partial charge < -0.3 is 0 Å². The topological polar surface area (TPSA) is 0 Å². The van der Waals surface area contributed by atoms with Crippen molar-refractivity contribution < 1.29 is 8.78 Å². The normalized spacial score (nSPS) is 24.1. The van der Waals surface area contributed by atoms with Crippen LogP contribution in [0.2, 0.25) is 0 Å². The monoisotopic (exact) mass is 412 g/mol. The molecule has 3 rings (SSSR count). The number of hydrogen-bond acceptors (Lipinski definition) is 0. The first-order valence-corrected chi connectivity index (χ1v) is 12.3. The molecule has 0 radical (unpaired) electrons. The van der Waals surface area contributed by atoms with Gasteiger partial charge in [-0.25, -0.2) is 8.78 Å². The Morgan fingerprint density at radius 1 is 0.833 bits per heavy atom. The van der Waals surface area contributed by atoms with Crippen molar-refractivity contribution in [2.24, 2.45) is 17.8 Å². The Hall–Kier alpha value is -1.62. The third-order valence-electron chi connectivity index (χ3n) is 7.08. The second kappa shape index (κ2) is 12.3. The fourth-order valence-electron chi connectivity index (χ4n) is 5.23. The first kappa shape index (κ1) is 23.1. The largest absolute Gasteiger partial charge is 0.207 e. The number of rotatable bonds is 8. The molecule has 0 heterocycles. The predicted octanol–water partition coefficient (Wildman–Crippen LogP) is 8.71. The minimum absolute atomic E-state index is 0.482. The molecule has 1 unspecified atom stereocenters. The van der Waals surface area contributed by atoms with Crippen LogP contribution in [-0.2, 0) is 0 Å². The summed E-state index contributed by atoms with van der Waals surface area (Å²) in [6.45, 7) is 2.26. The van der Waals surface area contributed by atoms with Gasteiger partial charge in [-0.1, -0.05) is 51.0 Å². The van der Waals surface area contributed by atoms with E-state index in [2.05, 4.69) is 24.8 Å². The summed E-state index contributed by atoms with van der Waals surface area (Å²) in [6.07, 6.45) is 19.5. The Labute approximate surface area is 182 Å². The molecule has 1 aromatic carbocycles. The minimum atomic E-state index is -0.482. The molecule has 1 fully saturated rings. The molecule has 0 aromatic heterocycles. The van der Waals surface area contributed by atoms with Gasteiger partial charge in [0.2, 0.25) is 0 Å². The smallest absolute Gasteiger partial charge is 0.126 e.